The van der Waals surface area contributed by atoms with Gasteiger partial charge in [-0.2, -0.15) is 0 Å². The molecule has 6 nitrogen and oxygen atoms in total. The molecule has 1 unspecified atom stereocenters. The molecule has 4 aliphatic rings. The number of ether oxygens (including phenoxy) is 1. The van der Waals surface area contributed by atoms with Crippen LogP contribution in [0.5, 0.6) is 0 Å². The highest BCUT2D eigenvalue weighted by molar-refractivity contribution is 7.90. The molecule has 0 saturated heterocycles. The van der Waals surface area contributed by atoms with E-state index in [2.05, 4.69) is 74.0 Å². The minimum absolute atomic E-state index is 0.0913. The summed E-state index contributed by atoms with van der Waals surface area (Å²) in [5.41, 5.74) is 3.31. The summed E-state index contributed by atoms with van der Waals surface area (Å²) >= 11 is -1.26. The minimum Gasteiger partial charge on any atom is -0.598 e. The summed E-state index contributed by atoms with van der Waals surface area (Å²) in [5.74, 6) is 1.49. The van der Waals surface area contributed by atoms with E-state index in [0.717, 1.165) is 57.8 Å². The summed E-state index contributed by atoms with van der Waals surface area (Å²) in [6.07, 6.45) is 8.95. The molecule has 4 saturated carbocycles. The van der Waals surface area contributed by atoms with Gasteiger partial charge in [-0.3, -0.25) is 9.59 Å². The third-order valence-corrected chi connectivity index (χ3v) is 15.7. The molecule has 0 aliphatic heterocycles. The molecule has 0 amide bonds. The average molecular weight is 690 g/mol. The number of fused-ring (bicyclic) bond motifs is 5. The minimum atomic E-state index is -1.26. The van der Waals surface area contributed by atoms with Crippen LogP contribution in [0.15, 0.2) is 54.6 Å². The molecule has 0 bridgehead atoms. The molecular weight excluding hydrogens is 631 g/mol. The third-order valence-electron chi connectivity index (χ3n) is 14.0. The smallest absolute Gasteiger partial charge is 0.303 e. The van der Waals surface area contributed by atoms with Crippen molar-refractivity contribution in [3.8, 4) is 11.1 Å². The number of esters is 1. The summed E-state index contributed by atoms with van der Waals surface area (Å²) in [6.45, 7) is 14.9. The number of rotatable bonds is 9. The van der Waals surface area contributed by atoms with Gasteiger partial charge in [0, 0.05) is 30.6 Å². The highest BCUT2D eigenvalue weighted by Gasteiger charge is 2.65. The largest absolute Gasteiger partial charge is 0.598 e. The van der Waals surface area contributed by atoms with Crippen molar-refractivity contribution >= 4 is 23.3 Å². The monoisotopic (exact) mass is 689 g/mol. The fourth-order valence-electron chi connectivity index (χ4n) is 11.4. The fourth-order valence-corrected chi connectivity index (χ4v) is 12.4. The third kappa shape index (κ3) is 6.85. The van der Waals surface area contributed by atoms with E-state index in [1.54, 1.807) is 6.92 Å². The molecule has 7 heteroatoms. The Morgan fingerprint density at radius 3 is 2.24 bits per heavy atom. The number of carbonyl (C=O) groups excluding carboxylic acids is 1. The van der Waals surface area contributed by atoms with Crippen molar-refractivity contribution in [2.75, 3.05) is 0 Å². The molecule has 6 rings (SSSR count). The van der Waals surface area contributed by atoms with Crippen LogP contribution < -0.4 is 4.72 Å². The quantitative estimate of drug-likeness (QED) is 0.201. The lowest BCUT2D eigenvalue weighted by atomic mass is 9.42. The molecule has 0 aromatic heterocycles. The van der Waals surface area contributed by atoms with Gasteiger partial charge in [0.1, 0.15) is 10.9 Å². The van der Waals surface area contributed by atoms with Gasteiger partial charge >= 0.3 is 11.9 Å². The Morgan fingerprint density at radius 2 is 1.61 bits per heavy atom. The first-order chi connectivity index (χ1) is 23.1. The van der Waals surface area contributed by atoms with Crippen molar-refractivity contribution in [1.82, 2.24) is 4.72 Å². The van der Waals surface area contributed by atoms with Gasteiger partial charge in [-0.25, -0.2) is 0 Å². The van der Waals surface area contributed by atoms with E-state index in [0.29, 0.717) is 35.5 Å². The number of nitrogens with one attached hydrogen (secondary N) is 1. The van der Waals surface area contributed by atoms with E-state index in [9.17, 15) is 19.2 Å². The van der Waals surface area contributed by atoms with Crippen molar-refractivity contribution in [3.05, 3.63) is 60.2 Å². The topological polar surface area (TPSA) is 98.7 Å². The van der Waals surface area contributed by atoms with E-state index in [-0.39, 0.29) is 29.3 Å². The molecule has 268 valence electrons. The van der Waals surface area contributed by atoms with E-state index in [1.165, 1.54) is 16.7 Å². The van der Waals surface area contributed by atoms with Crippen molar-refractivity contribution in [2.45, 2.75) is 129 Å². The van der Waals surface area contributed by atoms with Crippen molar-refractivity contribution in [1.29, 1.82) is 0 Å². The molecule has 2 aromatic carbocycles. The van der Waals surface area contributed by atoms with Crippen LogP contribution in [0.1, 0.15) is 118 Å². The zero-order valence-electron chi connectivity index (χ0n) is 30.8. The van der Waals surface area contributed by atoms with Crippen molar-refractivity contribution in [3.63, 3.8) is 0 Å². The number of aliphatic carboxylic acids is 1. The number of carbonyl (C=O) groups is 2. The first-order valence-electron chi connectivity index (χ1n) is 18.8. The molecule has 49 heavy (non-hydrogen) atoms. The van der Waals surface area contributed by atoms with Crippen LogP contribution in [0, 0.1) is 46.3 Å². The lowest BCUT2D eigenvalue weighted by Crippen LogP contribution is -2.63. The number of hydrogen-bond donors (Lipinski definition) is 2. The zero-order valence-corrected chi connectivity index (χ0v) is 31.6. The van der Waals surface area contributed by atoms with E-state index in [4.69, 9.17) is 4.74 Å². The van der Waals surface area contributed by atoms with Crippen LogP contribution in [-0.4, -0.2) is 32.4 Å². The molecule has 4 fully saturated rings. The Kier molecular flexibility index (Phi) is 10.2. The summed E-state index contributed by atoms with van der Waals surface area (Å²) in [4.78, 5) is 24.2. The second-order valence-corrected chi connectivity index (χ2v) is 19.7. The van der Waals surface area contributed by atoms with Crippen LogP contribution in [0.3, 0.4) is 0 Å². The number of benzene rings is 2. The first kappa shape index (κ1) is 36.4. The number of hydrogen-bond acceptors (Lipinski definition) is 5. The SMILES string of the molecule is CC(=O)O[C@@H]1C[C@@H]2CC(N[S@+]([O-])C(C)(C)C)(c3ccc(-c4ccccc4)cc3)CC[C@]2(C)[C@H]2CC[C@]3(C)[C@@H]([C@H](C)CCC(=O)O)CC[C@H]3[C@H]12. The second kappa shape index (κ2) is 13.7. The van der Waals surface area contributed by atoms with Crippen LogP contribution >= 0.6 is 0 Å². The summed E-state index contributed by atoms with van der Waals surface area (Å²) in [7, 11) is 0. The Balaban J connectivity index is 1.32. The standard InChI is InChI=1S/C42H59NO5S/c1-27(13-20-37(45)46)33-18-19-34-38-35(21-22-41(33,34)7)40(6)23-24-42(43-49(47)39(3,4)5,26-32(40)25-36(38)48-28(2)44)31-16-14-30(15-17-31)29-11-9-8-10-12-29/h8-12,14-17,27,32-36,38,43H,13,18-26H2,1-7H3,(H,45,46)/t27-,32-,33-,34+,35+,36-,38+,40+,41-,42?,49-/m1/s1. The van der Waals surface area contributed by atoms with Crippen LogP contribution in [0.25, 0.3) is 11.1 Å². The van der Waals surface area contributed by atoms with Gasteiger partial charge in [-0.1, -0.05) is 75.4 Å². The highest BCUT2D eigenvalue weighted by atomic mass is 32.2. The molecule has 4 aliphatic carbocycles. The Hall–Kier alpha value is -2.35. The zero-order chi connectivity index (χ0) is 35.4. The van der Waals surface area contributed by atoms with E-state index < -0.39 is 27.6 Å². The van der Waals surface area contributed by atoms with Crippen LogP contribution in [0.4, 0.5) is 0 Å². The molecular formula is C42H59NO5S. The molecule has 0 spiro atoms. The van der Waals surface area contributed by atoms with Crippen molar-refractivity contribution < 1.29 is 24.0 Å². The van der Waals surface area contributed by atoms with Gasteiger partial charge in [-0.05, 0) is 136 Å². The maximum absolute atomic E-state index is 13.9. The predicted octanol–water partition coefficient (Wildman–Crippen LogP) is 9.30. The van der Waals surface area contributed by atoms with Crippen LogP contribution in [-0.2, 0) is 31.2 Å². The summed E-state index contributed by atoms with van der Waals surface area (Å²) in [6, 6.07) is 19.3. The molecule has 2 N–H and O–H groups in total. The van der Waals surface area contributed by atoms with E-state index in [1.807, 2.05) is 26.8 Å². The summed E-state index contributed by atoms with van der Waals surface area (Å²) < 4.78 is 23.6. The summed E-state index contributed by atoms with van der Waals surface area (Å²) in [5, 5.41) is 9.40. The maximum Gasteiger partial charge on any atom is 0.303 e. The van der Waals surface area contributed by atoms with Gasteiger partial charge < -0.3 is 14.4 Å². The molecule has 0 radical (unpaired) electrons. The van der Waals surface area contributed by atoms with Crippen molar-refractivity contribution in [2.24, 2.45) is 46.3 Å². The van der Waals surface area contributed by atoms with Gasteiger partial charge in [0.2, 0.25) is 0 Å². The lowest BCUT2D eigenvalue weighted by molar-refractivity contribution is -0.193. The van der Waals surface area contributed by atoms with Crippen LogP contribution in [0.2, 0.25) is 0 Å². The van der Waals surface area contributed by atoms with Gasteiger partial charge in [0.25, 0.3) is 0 Å². The first-order valence-corrected chi connectivity index (χ1v) is 20.0. The molecule has 0 heterocycles. The molecule has 11 atom stereocenters. The Morgan fingerprint density at radius 1 is 0.959 bits per heavy atom. The van der Waals surface area contributed by atoms with Gasteiger partial charge in [0.05, 0.1) is 5.54 Å². The predicted molar refractivity (Wildman–Crippen MR) is 197 cm³/mol. The molecule has 2 aromatic rings. The Bertz CT molecular complexity index is 1490. The Labute approximate surface area is 297 Å². The highest BCUT2D eigenvalue weighted by Crippen LogP contribution is 2.70. The average Bonchev–Trinajstić information content (AvgIpc) is 3.41. The second-order valence-electron chi connectivity index (χ2n) is 17.7. The fraction of sp³-hybridized carbons (Fsp3) is 0.667. The van der Waals surface area contributed by atoms with Gasteiger partial charge in [-0.15, -0.1) is 4.72 Å². The maximum atomic E-state index is 13.9. The lowest BCUT2D eigenvalue weighted by Gasteiger charge is -2.64. The normalized spacial score (nSPS) is 36.9. The van der Waals surface area contributed by atoms with Gasteiger partial charge in [0.15, 0.2) is 0 Å². The number of carboxylic acids is 1. The number of carboxylic acid groups (broad SMARTS) is 1. The van der Waals surface area contributed by atoms with E-state index >= 15 is 0 Å².